The van der Waals surface area contributed by atoms with Crippen molar-refractivity contribution in [2.24, 2.45) is 0 Å². The molecule has 0 radical (unpaired) electrons. The number of alkyl carbamates (subject to hydrolysis) is 1. The molecule has 17 heteroatoms. The SMILES string of the molecule is CCOc1nc2cccc(C(=O)OC(C)OC(=O)O[C@H]3CO[C@H]4[C@@H]3OC[C@H]4OC(=O)NC)c2n1Cc1ccc(-c2ccccc2-c2nn[nH]n2)cc1. The van der Waals surface area contributed by atoms with Gasteiger partial charge in [-0.2, -0.15) is 10.2 Å². The zero-order chi connectivity index (χ0) is 36.2. The molecule has 2 fully saturated rings. The summed E-state index contributed by atoms with van der Waals surface area (Å²) >= 11 is 0. The monoisotopic (exact) mass is 713 g/mol. The van der Waals surface area contributed by atoms with Gasteiger partial charge in [0, 0.05) is 19.5 Å². The first-order valence-electron chi connectivity index (χ1n) is 16.6. The number of benzene rings is 3. The quantitative estimate of drug-likeness (QED) is 0.113. The molecule has 4 heterocycles. The Balaban J connectivity index is 1.04. The van der Waals surface area contributed by atoms with E-state index in [2.05, 4.69) is 30.9 Å². The summed E-state index contributed by atoms with van der Waals surface area (Å²) in [6.45, 7) is 4.01. The number of nitrogens with zero attached hydrogens (tertiary/aromatic N) is 5. The minimum absolute atomic E-state index is 0.0106. The highest BCUT2D eigenvalue weighted by atomic mass is 16.8. The second kappa shape index (κ2) is 15.0. The molecule has 52 heavy (non-hydrogen) atoms. The molecule has 2 N–H and O–H groups in total. The highest BCUT2D eigenvalue weighted by Gasteiger charge is 2.51. The molecule has 5 atom stereocenters. The fourth-order valence-electron chi connectivity index (χ4n) is 6.25. The van der Waals surface area contributed by atoms with Crippen LogP contribution in [0.15, 0.2) is 66.7 Å². The van der Waals surface area contributed by atoms with Gasteiger partial charge in [0.25, 0.3) is 6.01 Å². The van der Waals surface area contributed by atoms with Crippen molar-refractivity contribution in [1.29, 1.82) is 0 Å². The lowest BCUT2D eigenvalue weighted by Crippen LogP contribution is -2.37. The highest BCUT2D eigenvalue weighted by Crippen LogP contribution is 2.33. The van der Waals surface area contributed by atoms with Gasteiger partial charge in [-0.3, -0.25) is 4.57 Å². The van der Waals surface area contributed by atoms with Crippen molar-refractivity contribution in [3.8, 4) is 28.5 Å². The lowest BCUT2D eigenvalue weighted by molar-refractivity contribution is -0.0987. The van der Waals surface area contributed by atoms with E-state index >= 15 is 0 Å². The number of esters is 1. The Labute approximate surface area is 296 Å². The number of aromatic amines is 1. The van der Waals surface area contributed by atoms with Crippen LogP contribution in [0.2, 0.25) is 0 Å². The number of fused-ring (bicyclic) bond motifs is 2. The minimum atomic E-state index is -1.31. The van der Waals surface area contributed by atoms with Crippen LogP contribution in [0.25, 0.3) is 33.5 Å². The number of nitrogens with one attached hydrogen (secondary N) is 2. The predicted molar refractivity (Wildman–Crippen MR) is 180 cm³/mol. The van der Waals surface area contributed by atoms with Crippen LogP contribution < -0.4 is 10.1 Å². The third kappa shape index (κ3) is 7.08. The predicted octanol–water partition coefficient (Wildman–Crippen LogP) is 3.88. The zero-order valence-electron chi connectivity index (χ0n) is 28.4. The third-order valence-corrected chi connectivity index (χ3v) is 8.55. The van der Waals surface area contributed by atoms with Crippen molar-refractivity contribution < 1.29 is 47.5 Å². The number of para-hydroxylation sites is 1. The summed E-state index contributed by atoms with van der Waals surface area (Å²) in [7, 11) is 1.44. The van der Waals surface area contributed by atoms with Crippen LogP contribution in [-0.2, 0) is 35.0 Å². The van der Waals surface area contributed by atoms with E-state index in [9.17, 15) is 14.4 Å². The molecule has 1 unspecified atom stereocenters. The molecule has 0 bridgehead atoms. The topological polar surface area (TPSA) is 200 Å². The molecule has 2 saturated heterocycles. The molecule has 17 nitrogen and oxygen atoms in total. The van der Waals surface area contributed by atoms with E-state index in [1.54, 1.807) is 22.8 Å². The van der Waals surface area contributed by atoms with Crippen LogP contribution in [0.1, 0.15) is 29.8 Å². The Hall–Kier alpha value is -6.07. The van der Waals surface area contributed by atoms with Crippen LogP contribution in [0.3, 0.4) is 0 Å². The first kappa shape index (κ1) is 34.4. The van der Waals surface area contributed by atoms with E-state index in [4.69, 9.17) is 33.2 Å². The van der Waals surface area contributed by atoms with Crippen molar-refractivity contribution >= 4 is 29.3 Å². The average molecular weight is 714 g/mol. The number of ether oxygens (including phenoxy) is 7. The van der Waals surface area contributed by atoms with E-state index in [0.717, 1.165) is 22.3 Å². The molecule has 1 amide bonds. The summed E-state index contributed by atoms with van der Waals surface area (Å²) < 4.78 is 40.5. The number of tetrazole rings is 1. The lowest BCUT2D eigenvalue weighted by Gasteiger charge is -2.19. The number of aromatic nitrogens is 6. The molecular weight excluding hydrogens is 678 g/mol. The van der Waals surface area contributed by atoms with E-state index in [0.29, 0.717) is 36.0 Å². The number of amides is 1. The van der Waals surface area contributed by atoms with Crippen molar-refractivity contribution in [1.82, 2.24) is 35.5 Å². The molecule has 0 spiro atoms. The molecule has 0 aliphatic carbocycles. The Kier molecular flexibility index (Phi) is 9.94. The van der Waals surface area contributed by atoms with Crippen LogP contribution >= 0.6 is 0 Å². The first-order valence-corrected chi connectivity index (χ1v) is 16.6. The number of imidazole rings is 1. The van der Waals surface area contributed by atoms with E-state index < -0.39 is 48.9 Å². The summed E-state index contributed by atoms with van der Waals surface area (Å²) in [5.74, 6) is -0.257. The molecule has 7 rings (SSSR count). The number of hydrogen-bond acceptors (Lipinski definition) is 14. The molecule has 270 valence electrons. The van der Waals surface area contributed by atoms with Crippen molar-refractivity contribution in [2.75, 3.05) is 26.9 Å². The Morgan fingerprint density at radius 1 is 0.942 bits per heavy atom. The smallest absolute Gasteiger partial charge is 0.465 e. The third-order valence-electron chi connectivity index (χ3n) is 8.55. The first-order chi connectivity index (χ1) is 25.3. The van der Waals surface area contributed by atoms with Crippen LogP contribution in [0.4, 0.5) is 9.59 Å². The van der Waals surface area contributed by atoms with Gasteiger partial charge in [-0.15, -0.1) is 10.2 Å². The molecule has 0 saturated carbocycles. The highest BCUT2D eigenvalue weighted by molar-refractivity contribution is 6.02. The van der Waals surface area contributed by atoms with Crippen molar-refractivity contribution in [3.05, 3.63) is 77.9 Å². The maximum absolute atomic E-state index is 13.6. The van der Waals surface area contributed by atoms with Crippen LogP contribution in [0, 0.1) is 0 Å². The fraction of sp³-hybridized carbons (Fsp3) is 0.343. The van der Waals surface area contributed by atoms with E-state index in [-0.39, 0.29) is 18.8 Å². The Morgan fingerprint density at radius 3 is 2.37 bits per heavy atom. The lowest BCUT2D eigenvalue weighted by atomic mass is 9.98. The van der Waals surface area contributed by atoms with Gasteiger partial charge < -0.3 is 38.5 Å². The number of carbonyl (C=O) groups excluding carboxylic acids is 3. The summed E-state index contributed by atoms with van der Waals surface area (Å²) in [6, 6.07) is 21.1. The summed E-state index contributed by atoms with van der Waals surface area (Å²) in [5, 5.41) is 16.8. The van der Waals surface area contributed by atoms with Gasteiger partial charge in [-0.25, -0.2) is 14.4 Å². The van der Waals surface area contributed by atoms with Crippen LogP contribution in [0.5, 0.6) is 6.01 Å². The van der Waals surface area contributed by atoms with Gasteiger partial charge in [-0.1, -0.05) is 54.6 Å². The normalized spacial score (nSPS) is 19.8. The van der Waals surface area contributed by atoms with Gasteiger partial charge in [0.05, 0.1) is 43.0 Å². The van der Waals surface area contributed by atoms with Gasteiger partial charge in [0.1, 0.15) is 12.2 Å². The maximum atomic E-state index is 13.6. The number of carbonyl (C=O) groups is 3. The van der Waals surface area contributed by atoms with Crippen LogP contribution in [-0.4, -0.2) is 106 Å². The van der Waals surface area contributed by atoms with Crippen molar-refractivity contribution in [2.45, 2.75) is 51.1 Å². The van der Waals surface area contributed by atoms with Crippen molar-refractivity contribution in [3.63, 3.8) is 0 Å². The average Bonchev–Trinajstić information content (AvgIpc) is 3.96. The van der Waals surface area contributed by atoms with E-state index in [1.165, 1.54) is 14.0 Å². The Morgan fingerprint density at radius 2 is 1.67 bits per heavy atom. The van der Waals surface area contributed by atoms with Gasteiger partial charge in [-0.05, 0) is 41.0 Å². The summed E-state index contributed by atoms with van der Waals surface area (Å²) in [6.07, 6.45) is -5.74. The largest absolute Gasteiger partial charge is 0.511 e. The summed E-state index contributed by atoms with van der Waals surface area (Å²) in [4.78, 5) is 42.5. The second-order valence-corrected chi connectivity index (χ2v) is 11.9. The molecule has 2 aliphatic heterocycles. The zero-order valence-corrected chi connectivity index (χ0v) is 28.4. The summed E-state index contributed by atoms with van der Waals surface area (Å²) in [5.41, 5.74) is 4.85. The molecule has 5 aromatic rings. The number of rotatable bonds is 11. The molecule has 3 aromatic carbocycles. The second-order valence-electron chi connectivity index (χ2n) is 11.9. The van der Waals surface area contributed by atoms with Gasteiger partial charge in [0.2, 0.25) is 12.1 Å². The minimum Gasteiger partial charge on any atom is -0.465 e. The fourth-order valence-corrected chi connectivity index (χ4v) is 6.25. The molecule has 2 aromatic heterocycles. The number of hydrogen-bond donors (Lipinski definition) is 2. The molecule has 2 aliphatic rings. The van der Waals surface area contributed by atoms with Gasteiger partial charge >= 0.3 is 18.2 Å². The standard InChI is InChI=1S/C35H35N7O10/c1-4-46-33-37-25-11-7-10-24(32(43)49-19(2)50-35(45)52-27-18-48-29-26(17-47-30(27)29)51-34(44)36-3)28(25)42(33)16-20-12-14-21(15-13-20)22-8-5-6-9-23(22)31-38-40-41-39-31/h5-15,19,26-27,29-30H,4,16-18H2,1-3H3,(H,36,44)(H,38,39,40,41)/t19?,26-,27+,29-,30-/m1/s1. The molecular formula is C35H35N7O10. The Bertz CT molecular complexity index is 2050. The number of H-pyrrole nitrogens is 1. The van der Waals surface area contributed by atoms with Gasteiger partial charge in [0.15, 0.2) is 12.2 Å². The maximum Gasteiger partial charge on any atom is 0.511 e. The van der Waals surface area contributed by atoms with E-state index in [1.807, 2.05) is 55.5 Å².